The van der Waals surface area contributed by atoms with Crippen LogP contribution in [0.2, 0.25) is 0 Å². The smallest absolute Gasteiger partial charge is 0.269 e. The minimum atomic E-state index is -0.320. The minimum absolute atomic E-state index is 0.0120. The third-order valence-corrected chi connectivity index (χ3v) is 5.89. The Kier molecular flexibility index (Phi) is 7.45. The highest BCUT2D eigenvalue weighted by atomic mass is 16.6. The molecule has 1 aliphatic heterocycles. The monoisotopic (exact) mass is 411 g/mol. The van der Waals surface area contributed by atoms with Gasteiger partial charge in [0.1, 0.15) is 5.75 Å². The van der Waals surface area contributed by atoms with Gasteiger partial charge in [0.2, 0.25) is 0 Å². The molecular weight excluding hydrogens is 378 g/mol. The first-order valence-electron chi connectivity index (χ1n) is 10.7. The number of nitro benzene ring substituents is 1. The molecule has 0 radical (unpaired) electrons. The van der Waals surface area contributed by atoms with E-state index in [1.807, 2.05) is 18.2 Å². The van der Waals surface area contributed by atoms with Gasteiger partial charge in [-0.25, -0.2) is 0 Å². The van der Waals surface area contributed by atoms with Crippen LogP contribution < -0.4 is 10.1 Å². The largest absolute Gasteiger partial charge is 0.497 e. The molecule has 30 heavy (non-hydrogen) atoms. The summed E-state index contributed by atoms with van der Waals surface area (Å²) in [5.41, 5.74) is 2.49. The Bertz CT molecular complexity index is 836. The van der Waals surface area contributed by atoms with Gasteiger partial charge in [0.15, 0.2) is 0 Å². The molecule has 0 aromatic heterocycles. The number of nitrogens with zero attached hydrogens (tertiary/aromatic N) is 2. The maximum atomic E-state index is 11.0. The third kappa shape index (κ3) is 6.28. The summed E-state index contributed by atoms with van der Waals surface area (Å²) in [5, 5.41) is 14.8. The molecule has 1 fully saturated rings. The second kappa shape index (κ2) is 10.0. The first kappa shape index (κ1) is 22.2. The van der Waals surface area contributed by atoms with Crippen molar-refractivity contribution in [2.45, 2.75) is 57.7 Å². The maximum Gasteiger partial charge on any atom is 0.269 e. The number of hydrogen-bond donors (Lipinski definition) is 1. The van der Waals surface area contributed by atoms with E-state index < -0.39 is 0 Å². The molecule has 3 rings (SSSR count). The number of non-ortho nitro benzene ring substituents is 1. The van der Waals surface area contributed by atoms with Gasteiger partial charge in [0, 0.05) is 30.3 Å². The van der Waals surface area contributed by atoms with Gasteiger partial charge >= 0.3 is 0 Å². The Balaban J connectivity index is 1.49. The zero-order valence-electron chi connectivity index (χ0n) is 18.3. The second-order valence-corrected chi connectivity index (χ2v) is 8.82. The number of nitro groups is 1. The molecule has 0 saturated carbocycles. The zero-order chi connectivity index (χ0) is 21.6. The van der Waals surface area contributed by atoms with Crippen molar-refractivity contribution in [2.24, 2.45) is 0 Å². The van der Waals surface area contributed by atoms with E-state index in [1.54, 1.807) is 25.3 Å². The lowest BCUT2D eigenvalue weighted by atomic mass is 9.94. The normalized spacial score (nSPS) is 17.2. The molecule has 1 atom stereocenters. The van der Waals surface area contributed by atoms with Gasteiger partial charge in [-0.1, -0.05) is 24.3 Å². The van der Waals surface area contributed by atoms with Crippen molar-refractivity contribution in [3.05, 3.63) is 69.8 Å². The van der Waals surface area contributed by atoms with Gasteiger partial charge in [-0.3, -0.25) is 15.0 Å². The fourth-order valence-electron chi connectivity index (χ4n) is 4.33. The number of hydrogen-bond acceptors (Lipinski definition) is 5. The highest BCUT2D eigenvalue weighted by molar-refractivity contribution is 5.34. The average Bonchev–Trinajstić information content (AvgIpc) is 3.15. The van der Waals surface area contributed by atoms with E-state index >= 15 is 0 Å². The van der Waals surface area contributed by atoms with Crippen LogP contribution in [0, 0.1) is 10.1 Å². The van der Waals surface area contributed by atoms with Gasteiger partial charge in [-0.15, -0.1) is 0 Å². The van der Waals surface area contributed by atoms with E-state index in [4.69, 9.17) is 4.74 Å². The van der Waals surface area contributed by atoms with Crippen LogP contribution in [0.3, 0.4) is 0 Å². The molecule has 6 nitrogen and oxygen atoms in total. The lowest BCUT2D eigenvalue weighted by Gasteiger charge is -2.29. The first-order valence-corrected chi connectivity index (χ1v) is 10.7. The quantitative estimate of drug-likeness (QED) is 0.458. The SMILES string of the molecule is COc1ccc(CC(C)(C)NCCC2CCCN2Cc2cccc([N+](=O)[O-])c2)cc1. The van der Waals surface area contributed by atoms with Crippen molar-refractivity contribution in [1.29, 1.82) is 0 Å². The predicted molar refractivity (Wildman–Crippen MR) is 120 cm³/mol. The maximum absolute atomic E-state index is 11.0. The Morgan fingerprint density at radius 1 is 1.20 bits per heavy atom. The average molecular weight is 412 g/mol. The summed E-state index contributed by atoms with van der Waals surface area (Å²) in [6.07, 6.45) is 4.42. The molecule has 1 heterocycles. The number of methoxy groups -OCH3 is 1. The molecule has 6 heteroatoms. The summed E-state index contributed by atoms with van der Waals surface area (Å²) < 4.78 is 5.24. The van der Waals surface area contributed by atoms with Crippen molar-refractivity contribution in [3.63, 3.8) is 0 Å². The van der Waals surface area contributed by atoms with Crippen LogP contribution >= 0.6 is 0 Å². The Morgan fingerprint density at radius 2 is 1.97 bits per heavy atom. The van der Waals surface area contributed by atoms with Crippen molar-refractivity contribution in [1.82, 2.24) is 10.2 Å². The van der Waals surface area contributed by atoms with Gasteiger partial charge in [-0.05, 0) is 75.9 Å². The van der Waals surface area contributed by atoms with Crippen LogP contribution in [0.4, 0.5) is 5.69 Å². The van der Waals surface area contributed by atoms with Crippen molar-refractivity contribution in [3.8, 4) is 5.75 Å². The Labute approximate surface area is 179 Å². The third-order valence-electron chi connectivity index (χ3n) is 5.89. The van der Waals surface area contributed by atoms with Crippen molar-refractivity contribution in [2.75, 3.05) is 20.2 Å². The predicted octanol–water partition coefficient (Wildman–Crippen LogP) is 4.57. The molecule has 1 aliphatic rings. The van der Waals surface area contributed by atoms with E-state index in [1.165, 1.54) is 18.4 Å². The molecule has 1 saturated heterocycles. The van der Waals surface area contributed by atoms with E-state index in [0.717, 1.165) is 43.8 Å². The van der Waals surface area contributed by atoms with Crippen LogP contribution in [0.15, 0.2) is 48.5 Å². The summed E-state index contributed by atoms with van der Waals surface area (Å²) in [6.45, 7) is 7.28. The summed E-state index contributed by atoms with van der Waals surface area (Å²) in [7, 11) is 1.69. The number of rotatable bonds is 10. The molecule has 1 unspecified atom stereocenters. The minimum Gasteiger partial charge on any atom is -0.497 e. The molecule has 0 spiro atoms. The van der Waals surface area contributed by atoms with E-state index in [2.05, 4.69) is 36.2 Å². The van der Waals surface area contributed by atoms with Gasteiger partial charge < -0.3 is 10.1 Å². The molecule has 0 amide bonds. The fraction of sp³-hybridized carbons (Fsp3) is 0.500. The standard InChI is InChI=1S/C24H33N3O3/c1-24(2,17-19-9-11-23(30-3)12-10-19)25-14-13-21-8-5-15-26(21)18-20-6-4-7-22(16-20)27(28)29/h4,6-7,9-12,16,21,25H,5,8,13-15,17-18H2,1-3H3. The molecule has 162 valence electrons. The molecule has 2 aromatic rings. The summed E-state index contributed by atoms with van der Waals surface area (Å²) in [4.78, 5) is 13.2. The lowest BCUT2D eigenvalue weighted by molar-refractivity contribution is -0.384. The van der Waals surface area contributed by atoms with Crippen LogP contribution in [0.5, 0.6) is 5.75 Å². The molecular formula is C24H33N3O3. The van der Waals surface area contributed by atoms with Crippen molar-refractivity contribution < 1.29 is 9.66 Å². The first-order chi connectivity index (χ1) is 14.4. The zero-order valence-corrected chi connectivity index (χ0v) is 18.3. The van der Waals surface area contributed by atoms with E-state index in [0.29, 0.717) is 6.04 Å². The van der Waals surface area contributed by atoms with E-state index in [9.17, 15) is 10.1 Å². The van der Waals surface area contributed by atoms with Gasteiger partial charge in [0.05, 0.1) is 12.0 Å². The summed E-state index contributed by atoms with van der Waals surface area (Å²) in [5.74, 6) is 0.884. The lowest BCUT2D eigenvalue weighted by Crippen LogP contribution is -2.43. The number of benzene rings is 2. The van der Waals surface area contributed by atoms with Crippen LogP contribution in [0.1, 0.15) is 44.2 Å². The van der Waals surface area contributed by atoms with E-state index in [-0.39, 0.29) is 16.1 Å². The van der Waals surface area contributed by atoms with Crippen molar-refractivity contribution >= 4 is 5.69 Å². The molecule has 0 bridgehead atoms. The summed E-state index contributed by atoms with van der Waals surface area (Å²) >= 11 is 0. The van der Waals surface area contributed by atoms with Gasteiger partial charge in [0.25, 0.3) is 5.69 Å². The number of nitrogens with one attached hydrogen (secondary N) is 1. The number of likely N-dealkylation sites (tertiary alicyclic amines) is 1. The fourth-order valence-corrected chi connectivity index (χ4v) is 4.33. The highest BCUT2D eigenvalue weighted by Gasteiger charge is 2.25. The molecule has 1 N–H and O–H groups in total. The van der Waals surface area contributed by atoms with Crippen LogP contribution in [0.25, 0.3) is 0 Å². The Hall–Kier alpha value is -2.44. The molecule has 0 aliphatic carbocycles. The van der Waals surface area contributed by atoms with Crippen LogP contribution in [-0.4, -0.2) is 41.6 Å². The molecule has 2 aromatic carbocycles. The second-order valence-electron chi connectivity index (χ2n) is 8.82. The number of ether oxygens (including phenoxy) is 1. The highest BCUT2D eigenvalue weighted by Crippen LogP contribution is 2.24. The Morgan fingerprint density at radius 3 is 2.67 bits per heavy atom. The van der Waals surface area contributed by atoms with Crippen LogP contribution in [-0.2, 0) is 13.0 Å². The van der Waals surface area contributed by atoms with Gasteiger partial charge in [-0.2, -0.15) is 0 Å². The topological polar surface area (TPSA) is 67.6 Å². The summed E-state index contributed by atoms with van der Waals surface area (Å²) in [6, 6.07) is 15.8.